The molecule has 0 rings (SSSR count). The molecule has 0 fully saturated rings. The Morgan fingerprint density at radius 1 is 2.00 bits per heavy atom. The predicted molar refractivity (Wildman–Crippen MR) is 18.1 cm³/mol. The van der Waals surface area contributed by atoms with E-state index in [1.54, 1.807) is 0 Å². The smallest absolute Gasteiger partial charge is 0.427 e. The van der Waals surface area contributed by atoms with Gasteiger partial charge in [-0.25, -0.2) is 0 Å². The van der Waals surface area contributed by atoms with Crippen LogP contribution in [0.25, 0.3) is 10.4 Å². The fourth-order valence-electron chi connectivity index (χ4n) is 0.0403. The molecule has 0 saturated carbocycles. The molecule has 0 aliphatic rings. The van der Waals surface area contributed by atoms with Gasteiger partial charge in [0.2, 0.25) is 0 Å². The Labute approximate surface area is 35.5 Å². The first kappa shape index (κ1) is 5.13. The lowest BCUT2D eigenvalue weighted by molar-refractivity contribution is 0.322. The average molecular weight is 103 g/mol. The first-order chi connectivity index (χ1) is 2.91. The molecular formula is HN3O2Si. The van der Waals surface area contributed by atoms with Crippen molar-refractivity contribution in [1.29, 1.82) is 0 Å². The number of nitrogens with zero attached hydrogens (tertiary/aromatic N) is 3. The lowest BCUT2D eigenvalue weighted by Gasteiger charge is -1.68. The Bertz CT molecular complexity index is 82.8. The summed E-state index contributed by atoms with van der Waals surface area (Å²) >= 11 is 0. The van der Waals surface area contributed by atoms with E-state index >= 15 is 0 Å². The lowest BCUT2D eigenvalue weighted by Crippen LogP contribution is -1.70. The minimum Gasteiger partial charge on any atom is -0.427 e. The normalized spacial score (nSPS) is 5.33. The molecule has 0 radical (unpaired) electrons. The Morgan fingerprint density at radius 3 is 2.83 bits per heavy atom. The molecule has 6 heavy (non-hydrogen) atoms. The van der Waals surface area contributed by atoms with Crippen LogP contribution >= 0.6 is 0 Å². The molecule has 0 N–H and O–H groups in total. The van der Waals surface area contributed by atoms with Gasteiger partial charge in [0.25, 0.3) is 0 Å². The Morgan fingerprint density at radius 2 is 2.67 bits per heavy atom. The molecule has 0 aromatic carbocycles. The summed E-state index contributed by atoms with van der Waals surface area (Å²) in [5.41, 5.74) is 7.41. The van der Waals surface area contributed by atoms with E-state index in [0.717, 1.165) is 0 Å². The van der Waals surface area contributed by atoms with Crippen LogP contribution in [0.1, 0.15) is 0 Å². The van der Waals surface area contributed by atoms with Crippen molar-refractivity contribution in [3.63, 3.8) is 0 Å². The molecule has 0 atom stereocenters. The molecule has 32 valence electrons. The van der Waals surface area contributed by atoms with Crippen LogP contribution in [0.3, 0.4) is 0 Å². The summed E-state index contributed by atoms with van der Waals surface area (Å²) in [6, 6.07) is 0. The van der Waals surface area contributed by atoms with Crippen LogP contribution in [0.5, 0.6) is 0 Å². The van der Waals surface area contributed by atoms with E-state index in [1.165, 1.54) is 0 Å². The van der Waals surface area contributed by atoms with E-state index in [9.17, 15) is 4.46 Å². The van der Waals surface area contributed by atoms with Crippen molar-refractivity contribution >= 4 is 9.65 Å². The summed E-state index contributed by atoms with van der Waals surface area (Å²) in [6.45, 7) is 0. The molecule has 0 aromatic heterocycles. The van der Waals surface area contributed by atoms with Crippen LogP contribution in [0.2, 0.25) is 0 Å². The number of hydrogen-bond donors (Lipinski definition) is 0. The van der Waals surface area contributed by atoms with Gasteiger partial charge < -0.3 is 8.99 Å². The van der Waals surface area contributed by atoms with Crippen molar-refractivity contribution in [2.75, 3.05) is 0 Å². The van der Waals surface area contributed by atoms with E-state index in [-0.39, 0.29) is 0 Å². The van der Waals surface area contributed by atoms with E-state index in [4.69, 9.17) is 5.53 Å². The second-order valence-corrected chi connectivity index (χ2v) is 0.776. The van der Waals surface area contributed by atoms with Crippen LogP contribution in [0, 0.1) is 0 Å². The van der Waals surface area contributed by atoms with Gasteiger partial charge in [-0.15, -0.1) is 0 Å². The molecule has 0 aromatic rings. The Kier molecular flexibility index (Phi) is 3.53. The number of azide groups is 1. The zero-order valence-electron chi connectivity index (χ0n) is 2.74. The van der Waals surface area contributed by atoms with E-state index in [1.807, 2.05) is 0 Å². The fraction of sp³-hybridized carbons (Fsp3) is 0. The first-order valence-corrected chi connectivity index (χ1v) is 2.00. The van der Waals surface area contributed by atoms with E-state index in [2.05, 4.69) is 14.7 Å². The van der Waals surface area contributed by atoms with Gasteiger partial charge in [0.05, 0.1) is 0 Å². The molecule has 0 amide bonds. The maximum Gasteiger partial charge on any atom is 0.498 e. The van der Waals surface area contributed by atoms with Crippen molar-refractivity contribution in [2.24, 2.45) is 5.28 Å². The molecule has 0 aliphatic heterocycles. The van der Waals surface area contributed by atoms with Crippen LogP contribution in [0.4, 0.5) is 0 Å². The number of rotatable bonds is 2. The summed E-state index contributed by atoms with van der Waals surface area (Å²) in [5, 5.41) is 2.50. The van der Waals surface area contributed by atoms with E-state index in [0.29, 0.717) is 0 Å². The van der Waals surface area contributed by atoms with Crippen LogP contribution < -0.4 is 0 Å². The largest absolute Gasteiger partial charge is 0.498 e. The van der Waals surface area contributed by atoms with Gasteiger partial charge in [0, 0.05) is 4.91 Å². The summed E-state index contributed by atoms with van der Waals surface area (Å²) in [4.78, 5) is 2.15. The summed E-state index contributed by atoms with van der Waals surface area (Å²) in [5.74, 6) is 0. The second kappa shape index (κ2) is 4.13. The van der Waals surface area contributed by atoms with Crippen molar-refractivity contribution in [3.8, 4) is 0 Å². The van der Waals surface area contributed by atoms with E-state index < -0.39 is 9.65 Å². The zero-order chi connectivity index (χ0) is 4.83. The SMILES string of the molecule is [N-]=[N+]=NO[SiH]=O. The molecule has 0 heterocycles. The third-order valence-corrected chi connectivity index (χ3v) is 0.307. The highest BCUT2D eigenvalue weighted by atomic mass is 28.2. The van der Waals surface area contributed by atoms with Gasteiger partial charge >= 0.3 is 9.65 Å². The topological polar surface area (TPSA) is 75.1 Å². The molecule has 6 heteroatoms. The monoisotopic (exact) mass is 103 g/mol. The van der Waals surface area contributed by atoms with Gasteiger partial charge in [-0.05, 0) is 5.53 Å². The van der Waals surface area contributed by atoms with Crippen molar-refractivity contribution in [1.82, 2.24) is 0 Å². The summed E-state index contributed by atoms with van der Waals surface area (Å²) < 4.78 is 13.0. The van der Waals surface area contributed by atoms with Gasteiger partial charge in [0.15, 0.2) is 0 Å². The van der Waals surface area contributed by atoms with Crippen LogP contribution in [0.15, 0.2) is 5.28 Å². The van der Waals surface area contributed by atoms with Crippen molar-refractivity contribution in [3.05, 3.63) is 10.4 Å². The standard InChI is InChI=1S/HN3O2Si/c1-2-3-5-6-4/h6H. The second-order valence-electron chi connectivity index (χ2n) is 0.373. The molecule has 5 nitrogen and oxygen atoms in total. The third-order valence-electron chi connectivity index (χ3n) is 0.127. The lowest BCUT2D eigenvalue weighted by atomic mass is 12.9. The maximum atomic E-state index is 9.28. The van der Waals surface area contributed by atoms with Crippen LogP contribution in [-0.4, -0.2) is 9.65 Å². The van der Waals surface area contributed by atoms with Crippen LogP contribution in [-0.2, 0) is 8.99 Å². The van der Waals surface area contributed by atoms with Gasteiger partial charge in [-0.1, -0.05) is 0 Å². The Hall–Kier alpha value is -0.873. The average Bonchev–Trinajstić information content (AvgIpc) is 1.61. The predicted octanol–water partition coefficient (Wildman–Crippen LogP) is -0.0747. The highest BCUT2D eigenvalue weighted by Gasteiger charge is 1.62. The third kappa shape index (κ3) is 3.13. The fourth-order valence-corrected chi connectivity index (χ4v) is 0.121. The first-order valence-electron chi connectivity index (χ1n) is 1.05. The molecule has 0 bridgehead atoms. The molecule has 0 aliphatic carbocycles. The zero-order valence-corrected chi connectivity index (χ0v) is 3.89. The maximum absolute atomic E-state index is 9.28. The molecule has 0 unspecified atom stereocenters. The van der Waals surface area contributed by atoms with Crippen molar-refractivity contribution < 1.29 is 8.99 Å². The minimum atomic E-state index is -1.39. The van der Waals surface area contributed by atoms with Gasteiger partial charge in [0.1, 0.15) is 5.28 Å². The highest BCUT2D eigenvalue weighted by Crippen LogP contribution is 1.62. The Balaban J connectivity index is 3.07. The highest BCUT2D eigenvalue weighted by molar-refractivity contribution is 6.06. The minimum absolute atomic E-state index is 1.39. The summed E-state index contributed by atoms with van der Waals surface area (Å²) in [7, 11) is -1.39. The van der Waals surface area contributed by atoms with Gasteiger partial charge in [-0.2, -0.15) is 0 Å². The molecular weight excluding hydrogens is 102 g/mol. The molecule has 0 saturated heterocycles. The van der Waals surface area contributed by atoms with Gasteiger partial charge in [-0.3, -0.25) is 0 Å². The number of hydrogen-bond acceptors (Lipinski definition) is 3. The molecule has 0 spiro atoms. The van der Waals surface area contributed by atoms with Crippen molar-refractivity contribution in [2.45, 2.75) is 0 Å². The quantitative estimate of drug-likeness (QED) is 0.161. The summed E-state index contributed by atoms with van der Waals surface area (Å²) in [6.07, 6.45) is 0.